The first-order chi connectivity index (χ1) is 16.8. The molecule has 176 valence electrons. The summed E-state index contributed by atoms with van der Waals surface area (Å²) in [5.41, 5.74) is 4.20. The van der Waals surface area contributed by atoms with Gasteiger partial charge in [-0.05, 0) is 46.4 Å². The zero-order valence-electron chi connectivity index (χ0n) is 19.8. The number of aryl methyl sites for hydroxylation is 2. The molecule has 1 aromatic carbocycles. The van der Waals surface area contributed by atoms with E-state index in [2.05, 4.69) is 61.5 Å². The summed E-state index contributed by atoms with van der Waals surface area (Å²) in [6, 6.07) is 10.5. The molecule has 1 N–H and O–H groups in total. The van der Waals surface area contributed by atoms with Crippen molar-refractivity contribution in [2.24, 2.45) is 5.92 Å². The van der Waals surface area contributed by atoms with E-state index in [1.165, 1.54) is 44.1 Å². The van der Waals surface area contributed by atoms with Gasteiger partial charge in [0, 0.05) is 36.4 Å². The summed E-state index contributed by atoms with van der Waals surface area (Å²) in [7, 11) is 0. The highest BCUT2D eigenvalue weighted by atomic mass is 15.5. The first-order valence-corrected chi connectivity index (χ1v) is 12.5. The molecule has 1 saturated carbocycles. The SMILES string of the molecule is CCCc1nc(CCC2CCCCC2)nn1Cc1ccc(-c2cnccc2-c2nnn[nH]2)cc1. The van der Waals surface area contributed by atoms with E-state index in [4.69, 9.17) is 10.1 Å². The summed E-state index contributed by atoms with van der Waals surface area (Å²) < 4.78 is 2.10. The second-order valence-electron chi connectivity index (χ2n) is 9.26. The van der Waals surface area contributed by atoms with Gasteiger partial charge in [-0.2, -0.15) is 5.10 Å². The summed E-state index contributed by atoms with van der Waals surface area (Å²) in [6.45, 7) is 2.93. The van der Waals surface area contributed by atoms with Crippen molar-refractivity contribution in [3.05, 3.63) is 59.9 Å². The lowest BCUT2D eigenvalue weighted by Crippen LogP contribution is -2.08. The Morgan fingerprint density at radius 3 is 2.62 bits per heavy atom. The van der Waals surface area contributed by atoms with Crippen molar-refractivity contribution >= 4 is 0 Å². The maximum Gasteiger partial charge on any atom is 0.180 e. The Morgan fingerprint density at radius 1 is 1.00 bits per heavy atom. The molecular weight excluding hydrogens is 424 g/mol. The van der Waals surface area contributed by atoms with Gasteiger partial charge in [0.05, 0.1) is 6.54 Å². The second-order valence-corrected chi connectivity index (χ2v) is 9.26. The Morgan fingerprint density at radius 2 is 1.85 bits per heavy atom. The number of benzene rings is 1. The number of aromatic nitrogens is 8. The lowest BCUT2D eigenvalue weighted by molar-refractivity contribution is 0.337. The predicted octanol–water partition coefficient (Wildman–Crippen LogP) is 5.03. The number of tetrazole rings is 1. The Bertz CT molecular complexity index is 1170. The van der Waals surface area contributed by atoms with E-state index in [-0.39, 0.29) is 0 Å². The van der Waals surface area contributed by atoms with Crippen molar-refractivity contribution in [3.8, 4) is 22.5 Å². The minimum absolute atomic E-state index is 0.633. The average molecular weight is 457 g/mol. The summed E-state index contributed by atoms with van der Waals surface area (Å²) in [6.07, 6.45) is 14.8. The molecule has 0 atom stereocenters. The van der Waals surface area contributed by atoms with Crippen LogP contribution in [0, 0.1) is 5.92 Å². The zero-order valence-corrected chi connectivity index (χ0v) is 19.8. The molecule has 34 heavy (non-hydrogen) atoms. The smallest absolute Gasteiger partial charge is 0.180 e. The van der Waals surface area contributed by atoms with Gasteiger partial charge in [0.15, 0.2) is 11.6 Å². The average Bonchev–Trinajstić information content (AvgIpc) is 3.55. The third kappa shape index (κ3) is 5.21. The van der Waals surface area contributed by atoms with Crippen LogP contribution in [0.4, 0.5) is 0 Å². The van der Waals surface area contributed by atoms with Gasteiger partial charge in [-0.3, -0.25) is 4.98 Å². The van der Waals surface area contributed by atoms with E-state index < -0.39 is 0 Å². The van der Waals surface area contributed by atoms with Gasteiger partial charge >= 0.3 is 0 Å². The van der Waals surface area contributed by atoms with Crippen LogP contribution in [0.2, 0.25) is 0 Å². The maximum atomic E-state index is 4.91. The van der Waals surface area contributed by atoms with Crippen molar-refractivity contribution in [1.82, 2.24) is 40.4 Å². The van der Waals surface area contributed by atoms with Gasteiger partial charge in [0.1, 0.15) is 5.82 Å². The van der Waals surface area contributed by atoms with E-state index in [1.807, 2.05) is 12.3 Å². The molecule has 8 nitrogen and oxygen atoms in total. The normalized spacial score (nSPS) is 14.5. The topological polar surface area (TPSA) is 98.1 Å². The number of pyridine rings is 1. The minimum atomic E-state index is 0.633. The summed E-state index contributed by atoms with van der Waals surface area (Å²) in [4.78, 5) is 9.21. The van der Waals surface area contributed by atoms with Crippen LogP contribution in [0.15, 0.2) is 42.7 Å². The molecule has 8 heteroatoms. The molecule has 0 bridgehead atoms. The third-order valence-corrected chi connectivity index (χ3v) is 6.79. The Labute approximate surface area is 200 Å². The highest BCUT2D eigenvalue weighted by molar-refractivity contribution is 5.79. The van der Waals surface area contributed by atoms with E-state index >= 15 is 0 Å². The molecule has 0 aliphatic heterocycles. The van der Waals surface area contributed by atoms with Crippen LogP contribution in [0.25, 0.3) is 22.5 Å². The molecule has 0 saturated heterocycles. The van der Waals surface area contributed by atoms with Crippen LogP contribution in [0.3, 0.4) is 0 Å². The number of H-pyrrole nitrogens is 1. The van der Waals surface area contributed by atoms with Crippen molar-refractivity contribution in [1.29, 1.82) is 0 Å². The minimum Gasteiger partial charge on any atom is -0.264 e. The van der Waals surface area contributed by atoms with E-state index in [0.29, 0.717) is 5.82 Å². The molecule has 0 unspecified atom stereocenters. The van der Waals surface area contributed by atoms with Gasteiger partial charge in [0.25, 0.3) is 0 Å². The Balaban J connectivity index is 1.30. The van der Waals surface area contributed by atoms with Gasteiger partial charge in [0.2, 0.25) is 0 Å². The van der Waals surface area contributed by atoms with Gasteiger partial charge in [-0.25, -0.2) is 14.8 Å². The molecule has 4 aromatic rings. The maximum absolute atomic E-state index is 4.91. The first kappa shape index (κ1) is 22.4. The molecule has 1 aliphatic rings. The number of nitrogens with one attached hydrogen (secondary N) is 1. The van der Waals surface area contributed by atoms with Crippen LogP contribution in [0.1, 0.15) is 69.1 Å². The van der Waals surface area contributed by atoms with Crippen molar-refractivity contribution in [2.75, 3.05) is 0 Å². The van der Waals surface area contributed by atoms with Gasteiger partial charge in [-0.1, -0.05) is 63.3 Å². The number of rotatable bonds is 9. The van der Waals surface area contributed by atoms with Crippen LogP contribution in [-0.4, -0.2) is 40.4 Å². The summed E-state index contributed by atoms with van der Waals surface area (Å²) in [5, 5.41) is 19.2. The Kier molecular flexibility index (Phi) is 7.02. The molecule has 1 fully saturated rings. The lowest BCUT2D eigenvalue weighted by atomic mass is 9.86. The fourth-order valence-corrected chi connectivity index (χ4v) is 4.94. The third-order valence-electron chi connectivity index (χ3n) is 6.79. The summed E-state index contributed by atoms with van der Waals surface area (Å²) >= 11 is 0. The van der Waals surface area contributed by atoms with E-state index in [1.54, 1.807) is 6.20 Å². The van der Waals surface area contributed by atoms with Gasteiger partial charge in [-0.15, -0.1) is 5.10 Å². The lowest BCUT2D eigenvalue weighted by Gasteiger charge is -2.20. The van der Waals surface area contributed by atoms with Crippen LogP contribution >= 0.6 is 0 Å². The van der Waals surface area contributed by atoms with Crippen LogP contribution in [0.5, 0.6) is 0 Å². The largest absolute Gasteiger partial charge is 0.264 e. The fourth-order valence-electron chi connectivity index (χ4n) is 4.94. The fraction of sp³-hybridized carbons (Fsp3) is 0.462. The molecular formula is C26H32N8. The molecule has 3 heterocycles. The van der Waals surface area contributed by atoms with E-state index in [9.17, 15) is 0 Å². The first-order valence-electron chi connectivity index (χ1n) is 12.5. The zero-order chi connectivity index (χ0) is 23.2. The van der Waals surface area contributed by atoms with Crippen molar-refractivity contribution in [3.63, 3.8) is 0 Å². The standard InChI is InChI=1S/C26H32N8/c1-2-6-25-28-24(14-11-19-7-4-3-5-8-19)31-34(25)18-20-9-12-21(13-10-20)23-17-27-16-15-22(23)26-29-32-33-30-26/h9-10,12-13,15-17,19H,2-8,11,14,18H2,1H3,(H,29,30,32,33). The molecule has 5 rings (SSSR count). The van der Waals surface area contributed by atoms with Crippen LogP contribution < -0.4 is 0 Å². The highest BCUT2D eigenvalue weighted by Gasteiger charge is 2.16. The van der Waals surface area contributed by atoms with E-state index in [0.717, 1.165) is 60.1 Å². The molecule has 1 aliphatic carbocycles. The quantitative estimate of drug-likeness (QED) is 0.379. The number of hydrogen-bond donors (Lipinski definition) is 1. The van der Waals surface area contributed by atoms with Crippen molar-refractivity contribution < 1.29 is 0 Å². The number of hydrogen-bond acceptors (Lipinski definition) is 6. The molecule has 0 radical (unpaired) electrons. The Hall–Kier alpha value is -3.42. The molecule has 0 amide bonds. The monoisotopic (exact) mass is 456 g/mol. The summed E-state index contributed by atoms with van der Waals surface area (Å²) in [5.74, 6) is 3.59. The second kappa shape index (κ2) is 10.7. The van der Waals surface area contributed by atoms with Crippen molar-refractivity contribution in [2.45, 2.75) is 71.3 Å². The highest BCUT2D eigenvalue weighted by Crippen LogP contribution is 2.29. The number of nitrogens with zero attached hydrogens (tertiary/aromatic N) is 7. The molecule has 3 aromatic heterocycles. The van der Waals surface area contributed by atoms with Gasteiger partial charge < -0.3 is 0 Å². The number of aromatic amines is 1. The predicted molar refractivity (Wildman–Crippen MR) is 131 cm³/mol. The molecule has 0 spiro atoms. The van der Waals surface area contributed by atoms with Crippen LogP contribution in [-0.2, 0) is 19.4 Å².